The fraction of sp³-hybridized carbons (Fsp3) is 0.250. The van der Waals surface area contributed by atoms with Gasteiger partial charge < -0.3 is 0 Å². The minimum atomic E-state index is -4.07. The topological polar surface area (TPSA) is 89.3 Å². The Hall–Kier alpha value is -1.48. The van der Waals surface area contributed by atoms with Crippen LogP contribution in [0.2, 0.25) is 0 Å². The molecule has 0 saturated carbocycles. The largest absolute Gasteiger partial charge is 0.296 e. The van der Waals surface area contributed by atoms with Gasteiger partial charge in [-0.1, -0.05) is 0 Å². The van der Waals surface area contributed by atoms with Crippen LogP contribution in [0.25, 0.3) is 0 Å². The molecule has 0 unspecified atom stereocenters. The molecule has 1 rings (SSSR count). The van der Waals surface area contributed by atoms with Crippen LogP contribution < -0.4 is 4.72 Å². The molecule has 0 radical (unpaired) electrons. The van der Waals surface area contributed by atoms with Crippen molar-refractivity contribution in [2.24, 2.45) is 0 Å². The van der Waals surface area contributed by atoms with E-state index < -0.39 is 43.7 Å². The Morgan fingerprint density at radius 2 is 2.00 bits per heavy atom. The number of rotatable bonds is 5. The van der Waals surface area contributed by atoms with E-state index in [2.05, 4.69) is 0 Å². The second-order valence-electron chi connectivity index (χ2n) is 3.12. The number of hydrogen-bond acceptors (Lipinski definition) is 4. The van der Waals surface area contributed by atoms with Gasteiger partial charge in [-0.15, -0.1) is 11.6 Å². The number of nitro benzene ring substituents is 1. The summed E-state index contributed by atoms with van der Waals surface area (Å²) in [5.41, 5.74) is -1.92. The van der Waals surface area contributed by atoms with Crippen LogP contribution in [0.5, 0.6) is 0 Å². The first-order valence-corrected chi connectivity index (χ1v) is 6.66. The van der Waals surface area contributed by atoms with Crippen molar-refractivity contribution in [3.63, 3.8) is 0 Å². The Morgan fingerprint density at radius 1 is 1.39 bits per heavy atom. The zero-order chi connectivity index (χ0) is 13.9. The highest BCUT2D eigenvalue weighted by atomic mass is 35.5. The lowest BCUT2D eigenvalue weighted by Gasteiger charge is -2.08. The van der Waals surface area contributed by atoms with Gasteiger partial charge >= 0.3 is 0 Å². The number of alkyl halides is 1. The minimum Gasteiger partial charge on any atom is -0.274 e. The minimum absolute atomic E-state index is 0.292. The van der Waals surface area contributed by atoms with Gasteiger partial charge in [-0.05, 0) is 6.07 Å². The van der Waals surface area contributed by atoms with E-state index in [0.717, 1.165) is 0 Å². The third-order valence-corrected chi connectivity index (χ3v) is 3.54. The number of nitrogens with zero attached hydrogens (tertiary/aromatic N) is 1. The standard InChI is InChI=1S/C8H7ClF2N2O4S/c9-3-4-18(16,17)12-8-6(13(14)15)2-1-5(10)7(8)11/h1-2,12H,3-4H2. The summed E-state index contributed by atoms with van der Waals surface area (Å²) in [7, 11) is -4.07. The zero-order valence-corrected chi connectivity index (χ0v) is 10.3. The van der Waals surface area contributed by atoms with Gasteiger partial charge in [-0.3, -0.25) is 14.8 Å². The summed E-state index contributed by atoms with van der Waals surface area (Å²) in [6, 6.07) is 1.20. The predicted molar refractivity (Wildman–Crippen MR) is 61.1 cm³/mol. The molecule has 0 spiro atoms. The lowest BCUT2D eigenvalue weighted by atomic mass is 10.2. The van der Waals surface area contributed by atoms with Gasteiger partial charge in [0.25, 0.3) is 5.69 Å². The summed E-state index contributed by atoms with van der Waals surface area (Å²) < 4.78 is 50.6. The normalized spacial score (nSPS) is 11.3. The first-order valence-electron chi connectivity index (χ1n) is 4.47. The lowest BCUT2D eigenvalue weighted by molar-refractivity contribution is -0.384. The van der Waals surface area contributed by atoms with Crippen molar-refractivity contribution in [3.05, 3.63) is 33.9 Å². The number of benzene rings is 1. The Bertz CT molecular complexity index is 579. The average Bonchev–Trinajstić information content (AvgIpc) is 2.24. The molecule has 0 saturated heterocycles. The maximum absolute atomic E-state index is 13.4. The number of hydrogen-bond donors (Lipinski definition) is 1. The van der Waals surface area contributed by atoms with Gasteiger partial charge in [0.05, 0.1) is 10.7 Å². The monoisotopic (exact) mass is 300 g/mol. The van der Waals surface area contributed by atoms with Gasteiger partial charge in [0.2, 0.25) is 10.0 Å². The molecule has 0 aliphatic heterocycles. The molecule has 0 atom stereocenters. The Kier molecular flexibility index (Phi) is 4.41. The van der Waals surface area contributed by atoms with E-state index in [1.807, 2.05) is 0 Å². The molecular weight excluding hydrogens is 294 g/mol. The zero-order valence-electron chi connectivity index (χ0n) is 8.69. The molecule has 10 heteroatoms. The van der Waals surface area contributed by atoms with Crippen LogP contribution in [0.4, 0.5) is 20.2 Å². The molecule has 0 amide bonds. The van der Waals surface area contributed by atoms with Crippen molar-refractivity contribution in [1.29, 1.82) is 0 Å². The van der Waals surface area contributed by atoms with Crippen LogP contribution in [0, 0.1) is 21.7 Å². The van der Waals surface area contributed by atoms with E-state index in [4.69, 9.17) is 11.6 Å². The molecule has 0 aliphatic rings. The molecule has 0 aromatic heterocycles. The van der Waals surface area contributed by atoms with Gasteiger partial charge in [0.1, 0.15) is 0 Å². The number of halogens is 3. The molecule has 18 heavy (non-hydrogen) atoms. The lowest BCUT2D eigenvalue weighted by Crippen LogP contribution is -2.19. The Morgan fingerprint density at radius 3 is 2.50 bits per heavy atom. The van der Waals surface area contributed by atoms with Crippen molar-refractivity contribution in [2.45, 2.75) is 0 Å². The van der Waals surface area contributed by atoms with Crippen molar-refractivity contribution in [1.82, 2.24) is 0 Å². The third kappa shape index (κ3) is 3.26. The molecule has 1 aromatic carbocycles. The van der Waals surface area contributed by atoms with Crippen LogP contribution in [-0.4, -0.2) is 25.0 Å². The molecule has 100 valence electrons. The van der Waals surface area contributed by atoms with E-state index in [1.54, 1.807) is 4.72 Å². The van der Waals surface area contributed by atoms with Crippen LogP contribution in [0.3, 0.4) is 0 Å². The van der Waals surface area contributed by atoms with E-state index in [9.17, 15) is 27.3 Å². The predicted octanol–water partition coefficient (Wildman–Crippen LogP) is 1.85. The Labute approximate surface area is 106 Å². The first-order chi connectivity index (χ1) is 8.28. The number of nitro groups is 1. The molecule has 0 heterocycles. The highest BCUT2D eigenvalue weighted by Gasteiger charge is 2.25. The fourth-order valence-corrected chi connectivity index (χ4v) is 2.52. The maximum atomic E-state index is 13.4. The fourth-order valence-electron chi connectivity index (χ4n) is 1.10. The summed E-state index contributed by atoms with van der Waals surface area (Å²) in [5.74, 6) is -3.91. The summed E-state index contributed by atoms with van der Waals surface area (Å²) in [6.45, 7) is 0. The van der Waals surface area contributed by atoms with Crippen molar-refractivity contribution >= 4 is 33.0 Å². The van der Waals surface area contributed by atoms with Gasteiger partial charge in [0.15, 0.2) is 17.3 Å². The smallest absolute Gasteiger partial charge is 0.274 e. The van der Waals surface area contributed by atoms with Crippen LogP contribution in [-0.2, 0) is 10.0 Å². The molecule has 1 N–H and O–H groups in total. The van der Waals surface area contributed by atoms with Crippen LogP contribution in [0.1, 0.15) is 0 Å². The third-order valence-electron chi connectivity index (χ3n) is 1.87. The van der Waals surface area contributed by atoms with Crippen LogP contribution >= 0.6 is 11.6 Å². The molecule has 0 fully saturated rings. The molecule has 6 nitrogen and oxygen atoms in total. The first kappa shape index (κ1) is 14.6. The Balaban J connectivity index is 3.30. The quantitative estimate of drug-likeness (QED) is 0.510. The van der Waals surface area contributed by atoms with Gasteiger partial charge in [0, 0.05) is 11.9 Å². The van der Waals surface area contributed by atoms with Crippen LogP contribution in [0.15, 0.2) is 12.1 Å². The van der Waals surface area contributed by atoms with Crippen molar-refractivity contribution in [3.8, 4) is 0 Å². The van der Waals surface area contributed by atoms with Crippen molar-refractivity contribution in [2.75, 3.05) is 16.4 Å². The highest BCUT2D eigenvalue weighted by Crippen LogP contribution is 2.29. The summed E-state index contributed by atoms with van der Waals surface area (Å²) in [6.07, 6.45) is 0. The SMILES string of the molecule is O=[N+]([O-])c1ccc(F)c(F)c1NS(=O)(=O)CCCl. The summed E-state index contributed by atoms with van der Waals surface area (Å²) >= 11 is 5.20. The van der Waals surface area contributed by atoms with Crippen molar-refractivity contribution < 1.29 is 22.1 Å². The molecule has 0 aliphatic carbocycles. The second-order valence-corrected chi connectivity index (χ2v) is 5.34. The van der Waals surface area contributed by atoms with Gasteiger partial charge in [-0.2, -0.15) is 0 Å². The number of nitrogens with one attached hydrogen (secondary N) is 1. The summed E-state index contributed by atoms with van der Waals surface area (Å²) in [5, 5.41) is 10.6. The average molecular weight is 301 g/mol. The number of anilines is 1. The van der Waals surface area contributed by atoms with Gasteiger partial charge in [-0.25, -0.2) is 17.2 Å². The highest BCUT2D eigenvalue weighted by molar-refractivity contribution is 7.92. The molecule has 1 aromatic rings. The van der Waals surface area contributed by atoms with E-state index >= 15 is 0 Å². The van der Waals surface area contributed by atoms with E-state index in [-0.39, 0.29) is 5.88 Å². The second kappa shape index (κ2) is 5.44. The maximum Gasteiger partial charge on any atom is 0.296 e. The molecular formula is C8H7ClF2N2O4S. The van der Waals surface area contributed by atoms with E-state index in [0.29, 0.717) is 12.1 Å². The summed E-state index contributed by atoms with van der Waals surface area (Å²) in [4.78, 5) is 9.56. The number of sulfonamides is 1. The molecule has 0 bridgehead atoms. The van der Waals surface area contributed by atoms with E-state index in [1.165, 1.54) is 0 Å².